The number of hydrogen-bond acceptors (Lipinski definition) is 2. The summed E-state index contributed by atoms with van der Waals surface area (Å²) in [4.78, 5) is 4.00. The minimum Gasteiger partial charge on any atom is -0.384 e. The van der Waals surface area contributed by atoms with E-state index in [0.717, 1.165) is 5.56 Å². The molecule has 18 heavy (non-hydrogen) atoms. The molecule has 0 radical (unpaired) electrons. The summed E-state index contributed by atoms with van der Waals surface area (Å²) in [5.41, 5.74) is 2.12. The minimum atomic E-state index is -2.49. The van der Waals surface area contributed by atoms with E-state index in [1.807, 2.05) is 13.0 Å². The third-order valence-electron chi connectivity index (χ3n) is 2.72. The van der Waals surface area contributed by atoms with Crippen molar-refractivity contribution < 1.29 is 13.9 Å². The van der Waals surface area contributed by atoms with Gasteiger partial charge in [-0.05, 0) is 18.1 Å². The van der Waals surface area contributed by atoms with Crippen LogP contribution in [0.25, 0.3) is 0 Å². The summed E-state index contributed by atoms with van der Waals surface area (Å²) in [6.45, 7) is 1.88. The Morgan fingerprint density at radius 3 is 2.17 bits per heavy atom. The number of aromatic nitrogens is 1. The third-order valence-corrected chi connectivity index (χ3v) is 2.72. The maximum atomic E-state index is 12.4. The van der Waals surface area contributed by atoms with E-state index >= 15 is 0 Å². The Bertz CT molecular complexity index is 526. The van der Waals surface area contributed by atoms with Gasteiger partial charge < -0.3 is 5.11 Å². The van der Waals surface area contributed by atoms with Crippen LogP contribution in [0.15, 0.2) is 42.7 Å². The van der Waals surface area contributed by atoms with Gasteiger partial charge in [0, 0.05) is 23.5 Å². The quantitative estimate of drug-likeness (QED) is 0.904. The molecule has 1 atom stereocenters. The average molecular weight is 249 g/mol. The molecule has 0 aliphatic heterocycles. The minimum absolute atomic E-state index is 0.0479. The van der Waals surface area contributed by atoms with E-state index in [2.05, 4.69) is 4.98 Å². The fourth-order valence-corrected chi connectivity index (χ4v) is 1.74. The summed E-state index contributed by atoms with van der Waals surface area (Å²) >= 11 is 0. The average Bonchev–Trinajstić information content (AvgIpc) is 2.38. The normalized spacial score (nSPS) is 12.7. The monoisotopic (exact) mass is 249 g/mol. The Hall–Kier alpha value is -1.81. The predicted octanol–water partition coefficient (Wildman–Crippen LogP) is 3.41. The number of hydrogen-bond donors (Lipinski definition) is 1. The molecule has 4 heteroatoms. The van der Waals surface area contributed by atoms with Crippen LogP contribution in [-0.4, -0.2) is 10.1 Å². The molecule has 0 saturated heterocycles. The molecule has 2 nitrogen and oxygen atoms in total. The predicted molar refractivity (Wildman–Crippen MR) is 64.4 cm³/mol. The molecule has 0 fully saturated rings. The lowest BCUT2D eigenvalue weighted by Gasteiger charge is -2.12. The maximum absolute atomic E-state index is 12.4. The van der Waals surface area contributed by atoms with E-state index in [1.165, 1.54) is 24.3 Å². The van der Waals surface area contributed by atoms with Gasteiger partial charge in [-0.15, -0.1) is 0 Å². The van der Waals surface area contributed by atoms with Crippen LogP contribution in [0, 0.1) is 6.92 Å². The van der Waals surface area contributed by atoms with Gasteiger partial charge in [-0.2, -0.15) is 0 Å². The van der Waals surface area contributed by atoms with E-state index < -0.39 is 12.5 Å². The number of nitrogens with zero attached hydrogens (tertiary/aromatic N) is 1. The van der Waals surface area contributed by atoms with Gasteiger partial charge in [0.1, 0.15) is 6.10 Å². The van der Waals surface area contributed by atoms with Crippen LogP contribution >= 0.6 is 0 Å². The molecule has 2 rings (SSSR count). The number of aliphatic hydroxyl groups excluding tert-OH is 1. The molecule has 2 aromatic rings. The summed E-state index contributed by atoms with van der Waals surface area (Å²) < 4.78 is 24.8. The van der Waals surface area contributed by atoms with Crippen LogP contribution in [0.2, 0.25) is 0 Å². The standard InChI is InChI=1S/C14H13F2NO/c1-9-6-12(8-17-7-9)13(18)10-2-4-11(5-3-10)14(15)16/h2-8,13-14,18H,1H3. The van der Waals surface area contributed by atoms with Crippen molar-refractivity contribution in [2.24, 2.45) is 0 Å². The Morgan fingerprint density at radius 1 is 1.00 bits per heavy atom. The van der Waals surface area contributed by atoms with Gasteiger partial charge in [-0.1, -0.05) is 30.3 Å². The Labute approximate surface area is 104 Å². The second-order valence-electron chi connectivity index (χ2n) is 4.17. The zero-order chi connectivity index (χ0) is 13.1. The fourth-order valence-electron chi connectivity index (χ4n) is 1.74. The van der Waals surface area contributed by atoms with Crippen LogP contribution in [0.4, 0.5) is 8.78 Å². The van der Waals surface area contributed by atoms with Crippen molar-refractivity contribution in [2.45, 2.75) is 19.5 Å². The zero-order valence-corrected chi connectivity index (χ0v) is 9.85. The number of alkyl halides is 2. The van der Waals surface area contributed by atoms with Crippen molar-refractivity contribution in [3.63, 3.8) is 0 Å². The van der Waals surface area contributed by atoms with Gasteiger partial charge >= 0.3 is 0 Å². The molecular weight excluding hydrogens is 236 g/mol. The smallest absolute Gasteiger partial charge is 0.263 e. The molecule has 0 amide bonds. The van der Waals surface area contributed by atoms with Crippen LogP contribution in [0.5, 0.6) is 0 Å². The second-order valence-corrected chi connectivity index (χ2v) is 4.17. The highest BCUT2D eigenvalue weighted by Crippen LogP contribution is 2.25. The first-order valence-corrected chi connectivity index (χ1v) is 5.55. The highest BCUT2D eigenvalue weighted by molar-refractivity contribution is 5.32. The van der Waals surface area contributed by atoms with Crippen LogP contribution in [0.1, 0.15) is 34.8 Å². The van der Waals surface area contributed by atoms with Gasteiger partial charge in [-0.25, -0.2) is 8.78 Å². The van der Waals surface area contributed by atoms with E-state index in [0.29, 0.717) is 11.1 Å². The van der Waals surface area contributed by atoms with E-state index in [1.54, 1.807) is 12.4 Å². The van der Waals surface area contributed by atoms with Crippen LogP contribution in [-0.2, 0) is 0 Å². The molecule has 1 aromatic carbocycles. The first-order valence-electron chi connectivity index (χ1n) is 5.55. The molecule has 1 unspecified atom stereocenters. The van der Waals surface area contributed by atoms with Crippen molar-refractivity contribution in [3.8, 4) is 0 Å². The van der Waals surface area contributed by atoms with E-state index in [9.17, 15) is 13.9 Å². The van der Waals surface area contributed by atoms with Crippen molar-refractivity contribution in [1.29, 1.82) is 0 Å². The topological polar surface area (TPSA) is 33.1 Å². The molecular formula is C14H13F2NO. The summed E-state index contributed by atoms with van der Waals surface area (Å²) in [5.74, 6) is 0. The zero-order valence-electron chi connectivity index (χ0n) is 9.85. The number of aryl methyl sites for hydroxylation is 1. The molecule has 0 aliphatic rings. The molecule has 0 spiro atoms. The van der Waals surface area contributed by atoms with Crippen molar-refractivity contribution in [1.82, 2.24) is 4.98 Å². The first kappa shape index (κ1) is 12.6. The van der Waals surface area contributed by atoms with E-state index in [4.69, 9.17) is 0 Å². The Morgan fingerprint density at radius 2 is 1.61 bits per heavy atom. The summed E-state index contributed by atoms with van der Waals surface area (Å²) in [6.07, 6.45) is -0.0737. The number of rotatable bonds is 3. The maximum Gasteiger partial charge on any atom is 0.263 e. The van der Waals surface area contributed by atoms with Crippen molar-refractivity contribution in [2.75, 3.05) is 0 Å². The third kappa shape index (κ3) is 2.71. The molecule has 1 aromatic heterocycles. The SMILES string of the molecule is Cc1cncc(C(O)c2ccc(C(F)F)cc2)c1. The lowest BCUT2D eigenvalue weighted by molar-refractivity contribution is 0.151. The molecule has 0 aliphatic carbocycles. The number of halogens is 2. The molecule has 0 saturated carbocycles. The van der Waals surface area contributed by atoms with Gasteiger partial charge in [0.2, 0.25) is 0 Å². The van der Waals surface area contributed by atoms with Crippen molar-refractivity contribution in [3.05, 3.63) is 65.0 Å². The molecule has 94 valence electrons. The highest BCUT2D eigenvalue weighted by atomic mass is 19.3. The van der Waals surface area contributed by atoms with Crippen molar-refractivity contribution >= 4 is 0 Å². The lowest BCUT2D eigenvalue weighted by Crippen LogP contribution is -2.01. The summed E-state index contributed by atoms with van der Waals surface area (Å²) in [7, 11) is 0. The van der Waals surface area contributed by atoms with Gasteiger partial charge in [0.25, 0.3) is 6.43 Å². The number of benzene rings is 1. The largest absolute Gasteiger partial charge is 0.384 e. The van der Waals surface area contributed by atoms with Crippen LogP contribution < -0.4 is 0 Å². The first-order chi connectivity index (χ1) is 8.58. The molecule has 1 N–H and O–H groups in total. The lowest BCUT2D eigenvalue weighted by atomic mass is 10.0. The van der Waals surface area contributed by atoms with Crippen LogP contribution in [0.3, 0.4) is 0 Å². The van der Waals surface area contributed by atoms with Gasteiger partial charge in [0.15, 0.2) is 0 Å². The number of pyridine rings is 1. The number of aliphatic hydroxyl groups is 1. The van der Waals surface area contributed by atoms with Gasteiger partial charge in [-0.3, -0.25) is 4.98 Å². The summed E-state index contributed by atoms with van der Waals surface area (Å²) in [6, 6.07) is 7.49. The Balaban J connectivity index is 2.26. The van der Waals surface area contributed by atoms with Gasteiger partial charge in [0.05, 0.1) is 0 Å². The Kier molecular flexibility index (Phi) is 3.67. The van der Waals surface area contributed by atoms with E-state index in [-0.39, 0.29) is 5.56 Å². The molecule has 0 bridgehead atoms. The second kappa shape index (κ2) is 5.23. The highest BCUT2D eigenvalue weighted by Gasteiger charge is 2.12. The molecule has 1 heterocycles. The fraction of sp³-hybridized carbons (Fsp3) is 0.214. The summed E-state index contributed by atoms with van der Waals surface area (Å²) in [5, 5.41) is 10.1.